The van der Waals surface area contributed by atoms with Crippen molar-refractivity contribution in [3.05, 3.63) is 35.1 Å². The Balaban J connectivity index is 1.73. The number of ketones is 1. The van der Waals surface area contributed by atoms with Crippen LogP contribution in [0.25, 0.3) is 0 Å². The van der Waals surface area contributed by atoms with E-state index in [2.05, 4.69) is 0 Å². The van der Waals surface area contributed by atoms with E-state index in [-0.39, 0.29) is 24.3 Å². The van der Waals surface area contributed by atoms with Crippen LogP contribution in [0.3, 0.4) is 0 Å². The second-order valence-electron chi connectivity index (χ2n) is 6.43. The highest BCUT2D eigenvalue weighted by Crippen LogP contribution is 2.42. The maximum Gasteiger partial charge on any atom is 0.290 e. The Bertz CT molecular complexity index is 765. The van der Waals surface area contributed by atoms with Gasteiger partial charge in [0.2, 0.25) is 6.79 Å². The highest BCUT2D eigenvalue weighted by molar-refractivity contribution is 6.08. The molecule has 0 unspecified atom stereocenters. The number of fused-ring (bicyclic) bond motifs is 1. The molecule has 3 aliphatic rings. The number of aliphatic hydroxyl groups is 1. The quantitative estimate of drug-likeness (QED) is 0.897. The maximum absolute atomic E-state index is 12.6. The molecule has 0 saturated carbocycles. The van der Waals surface area contributed by atoms with Gasteiger partial charge in [0.25, 0.3) is 5.91 Å². The van der Waals surface area contributed by atoms with Crippen LogP contribution < -0.4 is 9.47 Å². The predicted octanol–water partition coefficient (Wildman–Crippen LogP) is 1.88. The van der Waals surface area contributed by atoms with Crippen molar-refractivity contribution in [3.63, 3.8) is 0 Å². The average molecular weight is 345 g/mol. The molecule has 1 fully saturated rings. The molecule has 1 N–H and O–H groups in total. The van der Waals surface area contributed by atoms with Gasteiger partial charge in [0.15, 0.2) is 23.0 Å². The van der Waals surface area contributed by atoms with Crippen LogP contribution in [0, 0.1) is 0 Å². The van der Waals surface area contributed by atoms with Crippen LogP contribution in [0.15, 0.2) is 29.5 Å². The molecule has 4 rings (SSSR count). The molecule has 0 bridgehead atoms. The molecule has 0 aliphatic carbocycles. The summed E-state index contributed by atoms with van der Waals surface area (Å²) in [6, 6.07) is 4.64. The second kappa shape index (κ2) is 6.07. The monoisotopic (exact) mass is 345 g/mol. The number of nitrogens with zero attached hydrogens (tertiary/aromatic N) is 1. The molecular formula is C18H19NO6. The first-order chi connectivity index (χ1) is 12.1. The summed E-state index contributed by atoms with van der Waals surface area (Å²) in [6.45, 7) is 2.50. The number of carbonyl (C=O) groups is 2. The van der Waals surface area contributed by atoms with Crippen molar-refractivity contribution in [3.8, 4) is 11.5 Å². The van der Waals surface area contributed by atoms with Gasteiger partial charge in [-0.25, -0.2) is 0 Å². The van der Waals surface area contributed by atoms with Gasteiger partial charge >= 0.3 is 0 Å². The molecule has 2 atom stereocenters. The number of hydrogen-bond donors (Lipinski definition) is 1. The molecule has 7 heteroatoms. The van der Waals surface area contributed by atoms with Crippen molar-refractivity contribution >= 4 is 11.7 Å². The van der Waals surface area contributed by atoms with E-state index >= 15 is 0 Å². The van der Waals surface area contributed by atoms with Gasteiger partial charge in [-0.05, 0) is 37.5 Å². The number of hydrogen-bond acceptors (Lipinski definition) is 6. The van der Waals surface area contributed by atoms with E-state index < -0.39 is 17.7 Å². The lowest BCUT2D eigenvalue weighted by Crippen LogP contribution is -2.37. The molecule has 25 heavy (non-hydrogen) atoms. The normalized spacial score (nSPS) is 25.2. The van der Waals surface area contributed by atoms with Crippen LogP contribution in [0.4, 0.5) is 0 Å². The van der Waals surface area contributed by atoms with E-state index in [0.29, 0.717) is 30.2 Å². The molecule has 0 spiro atoms. The first-order valence-electron chi connectivity index (χ1n) is 8.32. The van der Waals surface area contributed by atoms with Crippen LogP contribution >= 0.6 is 0 Å². The van der Waals surface area contributed by atoms with Crippen molar-refractivity contribution in [1.82, 2.24) is 4.90 Å². The number of rotatable bonds is 4. The summed E-state index contributed by atoms with van der Waals surface area (Å²) in [5.41, 5.74) is 0.812. The zero-order chi connectivity index (χ0) is 17.6. The summed E-state index contributed by atoms with van der Waals surface area (Å²) in [6.07, 6.45) is 1.72. The Morgan fingerprint density at radius 2 is 2.12 bits per heavy atom. The lowest BCUT2D eigenvalue weighted by Gasteiger charge is -2.28. The number of aliphatic hydroxyl groups excluding tert-OH is 1. The summed E-state index contributed by atoms with van der Waals surface area (Å²) in [7, 11) is 0. The summed E-state index contributed by atoms with van der Waals surface area (Å²) in [5, 5.41) is 10.3. The number of ether oxygens (including phenoxy) is 3. The van der Waals surface area contributed by atoms with Crippen LogP contribution in [0.5, 0.6) is 11.5 Å². The summed E-state index contributed by atoms with van der Waals surface area (Å²) >= 11 is 0. The Morgan fingerprint density at radius 3 is 2.84 bits per heavy atom. The van der Waals surface area contributed by atoms with Crippen LogP contribution in [-0.2, 0) is 14.3 Å². The SMILES string of the molecule is CC(=O)C1=C(O)C(=O)N(C[C@@H]2CCCO2)[C@@H]1c1ccc2c(c1)OCO2. The van der Waals surface area contributed by atoms with E-state index in [1.54, 1.807) is 18.2 Å². The number of benzene rings is 1. The molecule has 0 aromatic heterocycles. The first kappa shape index (κ1) is 16.0. The molecule has 1 saturated heterocycles. The number of Topliss-reactive ketones (excluding diaryl/α,β-unsaturated/α-hetero) is 1. The highest BCUT2D eigenvalue weighted by atomic mass is 16.7. The molecular weight excluding hydrogens is 326 g/mol. The van der Waals surface area contributed by atoms with E-state index in [1.165, 1.54) is 11.8 Å². The smallest absolute Gasteiger partial charge is 0.290 e. The summed E-state index contributed by atoms with van der Waals surface area (Å²) in [5.74, 6) is -0.160. The fourth-order valence-corrected chi connectivity index (χ4v) is 3.64. The summed E-state index contributed by atoms with van der Waals surface area (Å²) < 4.78 is 16.3. The lowest BCUT2D eigenvalue weighted by atomic mass is 9.96. The zero-order valence-electron chi connectivity index (χ0n) is 13.9. The third kappa shape index (κ3) is 2.64. The van der Waals surface area contributed by atoms with Gasteiger partial charge < -0.3 is 24.2 Å². The van der Waals surface area contributed by atoms with Crippen molar-refractivity contribution < 1.29 is 28.9 Å². The standard InChI is InChI=1S/C18H19NO6/c1-10(20)15-16(11-4-5-13-14(7-11)25-9-24-13)19(18(22)17(15)21)8-12-3-2-6-23-12/h4-5,7,12,16,21H,2-3,6,8-9H2,1H3/t12-,16+/m0/s1. The molecule has 1 aromatic rings. The third-order valence-electron chi connectivity index (χ3n) is 4.82. The largest absolute Gasteiger partial charge is 0.503 e. The number of amides is 1. The van der Waals surface area contributed by atoms with Gasteiger partial charge in [0, 0.05) is 13.2 Å². The Hall–Kier alpha value is -2.54. The summed E-state index contributed by atoms with van der Waals surface area (Å²) in [4.78, 5) is 26.2. The first-order valence-corrected chi connectivity index (χ1v) is 8.32. The predicted molar refractivity (Wildman–Crippen MR) is 86.3 cm³/mol. The topological polar surface area (TPSA) is 85.3 Å². The maximum atomic E-state index is 12.6. The minimum Gasteiger partial charge on any atom is -0.503 e. The minimum atomic E-state index is -0.649. The van der Waals surface area contributed by atoms with E-state index in [9.17, 15) is 14.7 Å². The van der Waals surface area contributed by atoms with Crippen molar-refractivity contribution in [2.24, 2.45) is 0 Å². The van der Waals surface area contributed by atoms with E-state index in [4.69, 9.17) is 14.2 Å². The van der Waals surface area contributed by atoms with Gasteiger partial charge in [-0.15, -0.1) is 0 Å². The fraction of sp³-hybridized carbons (Fsp3) is 0.444. The van der Waals surface area contributed by atoms with Crippen LogP contribution in [-0.4, -0.2) is 47.7 Å². The molecule has 1 amide bonds. The number of carbonyl (C=O) groups excluding carboxylic acids is 2. The van der Waals surface area contributed by atoms with Gasteiger partial charge in [-0.3, -0.25) is 9.59 Å². The van der Waals surface area contributed by atoms with E-state index in [0.717, 1.165) is 12.8 Å². The molecule has 132 valence electrons. The van der Waals surface area contributed by atoms with Crippen molar-refractivity contribution in [1.29, 1.82) is 0 Å². The van der Waals surface area contributed by atoms with Crippen molar-refractivity contribution in [2.45, 2.75) is 31.9 Å². The van der Waals surface area contributed by atoms with Crippen LogP contribution in [0.1, 0.15) is 31.4 Å². The Labute approximate surface area is 144 Å². The second-order valence-corrected chi connectivity index (χ2v) is 6.43. The van der Waals surface area contributed by atoms with Gasteiger partial charge in [-0.2, -0.15) is 0 Å². The average Bonchev–Trinajstić information content (AvgIpc) is 3.30. The third-order valence-corrected chi connectivity index (χ3v) is 4.82. The molecule has 3 aliphatic heterocycles. The van der Waals surface area contributed by atoms with Crippen molar-refractivity contribution in [2.75, 3.05) is 19.9 Å². The van der Waals surface area contributed by atoms with Gasteiger partial charge in [-0.1, -0.05) is 6.07 Å². The molecule has 1 aromatic carbocycles. The molecule has 3 heterocycles. The highest BCUT2D eigenvalue weighted by Gasteiger charge is 2.43. The molecule has 7 nitrogen and oxygen atoms in total. The lowest BCUT2D eigenvalue weighted by molar-refractivity contribution is -0.131. The van der Waals surface area contributed by atoms with E-state index in [1.807, 2.05) is 0 Å². The Morgan fingerprint density at radius 1 is 1.32 bits per heavy atom. The van der Waals surface area contributed by atoms with Gasteiger partial charge in [0.05, 0.1) is 17.7 Å². The van der Waals surface area contributed by atoms with Crippen LogP contribution in [0.2, 0.25) is 0 Å². The Kier molecular flexibility index (Phi) is 3.88. The molecule has 0 radical (unpaired) electrons. The minimum absolute atomic E-state index is 0.0837. The van der Waals surface area contributed by atoms with Gasteiger partial charge in [0.1, 0.15) is 0 Å². The zero-order valence-corrected chi connectivity index (χ0v) is 13.9. The fourth-order valence-electron chi connectivity index (χ4n) is 3.64.